The fourth-order valence-electron chi connectivity index (χ4n) is 6.34. The van der Waals surface area contributed by atoms with E-state index in [9.17, 15) is 9.90 Å². The Labute approximate surface area is 201 Å². The molecule has 5 rings (SSSR count). The minimum absolute atomic E-state index is 0.0488. The van der Waals surface area contributed by atoms with Crippen LogP contribution in [0.4, 0.5) is 5.69 Å². The molecule has 3 atom stereocenters. The molecule has 1 saturated carbocycles. The number of hydrogen-bond donors (Lipinski definition) is 2. The first-order chi connectivity index (χ1) is 15.6. The number of benzene rings is 1. The van der Waals surface area contributed by atoms with E-state index < -0.39 is 5.91 Å². The van der Waals surface area contributed by atoms with Gasteiger partial charge in [-0.15, -0.1) is 10.2 Å². The molecule has 1 saturated heterocycles. The predicted molar refractivity (Wildman–Crippen MR) is 130 cm³/mol. The Morgan fingerprint density at radius 1 is 1.24 bits per heavy atom. The number of amides is 1. The SMILES string of the molecule is CC1(C)C[C@H]2C[C@](C)(C[NH+]2Cn2c(O)c(N=NC(=O)c3ccncc3)c3cc(Br)ccc32)C1. The number of azo groups is 1. The lowest BCUT2D eigenvalue weighted by molar-refractivity contribution is -0.936. The number of carbonyl (C=O) groups is 1. The van der Waals surface area contributed by atoms with Crippen LogP contribution in [-0.2, 0) is 6.67 Å². The number of rotatable bonds is 4. The standard InChI is InChI=1S/C25H28BrN5O2/c1-24(2)11-18-12-25(3,13-24)14-30(18)15-31-20-5-4-17(26)10-19(20)21(23(31)33)28-29-22(32)16-6-8-27-9-7-16/h4-10,18,33H,11-15H2,1-3H3/p+1/t18-,25-/m0/s1. The number of aromatic nitrogens is 2. The smallest absolute Gasteiger partial charge is 0.295 e. The van der Waals surface area contributed by atoms with E-state index in [0.29, 0.717) is 34.8 Å². The van der Waals surface area contributed by atoms with Gasteiger partial charge in [0.25, 0.3) is 5.91 Å². The number of halogens is 1. The summed E-state index contributed by atoms with van der Waals surface area (Å²) >= 11 is 3.52. The molecule has 1 aliphatic carbocycles. The van der Waals surface area contributed by atoms with Gasteiger partial charge in [0.2, 0.25) is 5.88 Å². The van der Waals surface area contributed by atoms with Crippen LogP contribution in [-0.4, -0.2) is 33.2 Å². The van der Waals surface area contributed by atoms with Crippen molar-refractivity contribution in [3.63, 3.8) is 0 Å². The number of nitrogens with one attached hydrogen (secondary N) is 1. The van der Waals surface area contributed by atoms with E-state index in [4.69, 9.17) is 0 Å². The van der Waals surface area contributed by atoms with Crippen molar-refractivity contribution in [2.24, 2.45) is 21.1 Å². The predicted octanol–water partition coefficient (Wildman–Crippen LogP) is 4.87. The highest BCUT2D eigenvalue weighted by Crippen LogP contribution is 2.47. The Morgan fingerprint density at radius 2 is 2.00 bits per heavy atom. The normalized spacial score (nSPS) is 26.3. The van der Waals surface area contributed by atoms with Gasteiger partial charge in [-0.25, -0.2) is 0 Å². The van der Waals surface area contributed by atoms with Crippen LogP contribution < -0.4 is 4.90 Å². The summed E-state index contributed by atoms with van der Waals surface area (Å²) in [6.07, 6.45) is 6.74. The first-order valence-corrected chi connectivity index (χ1v) is 12.1. The lowest BCUT2D eigenvalue weighted by Crippen LogP contribution is -3.13. The molecule has 3 heterocycles. The maximum atomic E-state index is 12.4. The van der Waals surface area contributed by atoms with E-state index in [0.717, 1.165) is 21.9 Å². The lowest BCUT2D eigenvalue weighted by atomic mass is 9.65. The van der Waals surface area contributed by atoms with Crippen LogP contribution in [0.25, 0.3) is 10.9 Å². The fourth-order valence-corrected chi connectivity index (χ4v) is 6.70. The molecule has 2 fully saturated rings. The van der Waals surface area contributed by atoms with E-state index in [1.54, 1.807) is 24.5 Å². The molecule has 2 aromatic heterocycles. The van der Waals surface area contributed by atoms with Crippen LogP contribution in [0.2, 0.25) is 0 Å². The largest absolute Gasteiger partial charge is 0.493 e. The van der Waals surface area contributed by atoms with Gasteiger partial charge in [-0.3, -0.25) is 14.3 Å². The molecule has 1 unspecified atom stereocenters. The summed E-state index contributed by atoms with van der Waals surface area (Å²) in [5, 5.41) is 20.1. The van der Waals surface area contributed by atoms with Crippen LogP contribution >= 0.6 is 15.9 Å². The molecule has 2 N–H and O–H groups in total. The van der Waals surface area contributed by atoms with E-state index in [2.05, 4.69) is 51.9 Å². The average Bonchev–Trinajstić information content (AvgIpc) is 3.15. The highest BCUT2D eigenvalue weighted by atomic mass is 79.9. The lowest BCUT2D eigenvalue weighted by Gasteiger charge is -2.37. The Kier molecular flexibility index (Phi) is 5.40. The highest BCUT2D eigenvalue weighted by molar-refractivity contribution is 9.10. The first-order valence-electron chi connectivity index (χ1n) is 11.4. The number of nitrogens with zero attached hydrogens (tertiary/aromatic N) is 4. The third kappa shape index (κ3) is 4.22. The Balaban J connectivity index is 1.50. The van der Waals surface area contributed by atoms with Crippen molar-refractivity contribution in [1.29, 1.82) is 0 Å². The topological polar surface area (TPSA) is 84.3 Å². The summed E-state index contributed by atoms with van der Waals surface area (Å²) in [6, 6.07) is 9.62. The van der Waals surface area contributed by atoms with Gasteiger partial charge in [0.1, 0.15) is 0 Å². The van der Waals surface area contributed by atoms with Gasteiger partial charge >= 0.3 is 0 Å². The number of likely N-dealkylation sites (tertiary alicyclic amines) is 1. The molecule has 0 radical (unpaired) electrons. The summed E-state index contributed by atoms with van der Waals surface area (Å²) in [5.74, 6) is -0.422. The molecule has 1 aromatic carbocycles. The Morgan fingerprint density at radius 3 is 2.76 bits per heavy atom. The summed E-state index contributed by atoms with van der Waals surface area (Å²) < 4.78 is 2.81. The van der Waals surface area contributed by atoms with Crippen molar-refractivity contribution >= 4 is 38.4 Å². The zero-order valence-corrected chi connectivity index (χ0v) is 20.8. The quantitative estimate of drug-likeness (QED) is 0.491. The van der Waals surface area contributed by atoms with Gasteiger partial charge in [-0.1, -0.05) is 36.7 Å². The second-order valence-corrected chi connectivity index (χ2v) is 11.7. The number of pyridine rings is 1. The van der Waals surface area contributed by atoms with Gasteiger partial charge in [-0.2, -0.15) is 0 Å². The summed E-state index contributed by atoms with van der Waals surface area (Å²) in [6.45, 7) is 8.91. The molecule has 2 aliphatic rings. The molecule has 8 heteroatoms. The highest BCUT2D eigenvalue weighted by Gasteiger charge is 2.52. The summed E-state index contributed by atoms with van der Waals surface area (Å²) in [7, 11) is 0. The molecule has 1 aliphatic heterocycles. The van der Waals surface area contributed by atoms with E-state index in [1.807, 2.05) is 22.8 Å². The van der Waals surface area contributed by atoms with Crippen molar-refractivity contribution in [1.82, 2.24) is 9.55 Å². The molecular formula is C25H29BrN5O2+. The van der Waals surface area contributed by atoms with Crippen molar-refractivity contribution in [3.8, 4) is 5.88 Å². The van der Waals surface area contributed by atoms with Crippen LogP contribution in [0, 0.1) is 10.8 Å². The van der Waals surface area contributed by atoms with Gasteiger partial charge in [-0.05, 0) is 42.2 Å². The molecule has 172 valence electrons. The third-order valence-electron chi connectivity index (χ3n) is 7.18. The minimum atomic E-state index is -0.471. The van der Waals surface area contributed by atoms with Gasteiger partial charge in [0, 0.05) is 46.1 Å². The number of aromatic hydroxyl groups is 1. The zero-order valence-electron chi connectivity index (χ0n) is 19.2. The van der Waals surface area contributed by atoms with E-state index >= 15 is 0 Å². The Bertz CT molecular complexity index is 1250. The molecule has 33 heavy (non-hydrogen) atoms. The average molecular weight is 511 g/mol. The molecule has 0 spiro atoms. The summed E-state index contributed by atoms with van der Waals surface area (Å²) in [5.41, 5.74) is 2.30. The van der Waals surface area contributed by atoms with Gasteiger partial charge in [0.05, 0.1) is 18.1 Å². The van der Waals surface area contributed by atoms with Crippen molar-refractivity contribution in [2.75, 3.05) is 6.54 Å². The van der Waals surface area contributed by atoms with Crippen molar-refractivity contribution < 1.29 is 14.8 Å². The zero-order chi connectivity index (χ0) is 23.4. The van der Waals surface area contributed by atoms with Crippen LogP contribution in [0.15, 0.2) is 57.4 Å². The van der Waals surface area contributed by atoms with Crippen LogP contribution in [0.5, 0.6) is 5.88 Å². The number of fused-ring (bicyclic) bond motifs is 3. The molecule has 7 nitrogen and oxygen atoms in total. The van der Waals surface area contributed by atoms with Gasteiger partial charge in [0.15, 0.2) is 12.4 Å². The number of hydrogen-bond acceptors (Lipinski definition) is 4. The number of quaternary nitrogens is 1. The molecule has 1 amide bonds. The molecule has 2 bridgehead atoms. The third-order valence-corrected chi connectivity index (χ3v) is 7.67. The maximum absolute atomic E-state index is 12.4. The van der Waals surface area contributed by atoms with Crippen LogP contribution in [0.1, 0.15) is 50.4 Å². The number of carbonyl (C=O) groups excluding carboxylic acids is 1. The van der Waals surface area contributed by atoms with Gasteiger partial charge < -0.3 is 10.0 Å². The molecular weight excluding hydrogens is 482 g/mol. The Hall–Kier alpha value is -2.58. The summed E-state index contributed by atoms with van der Waals surface area (Å²) in [4.78, 5) is 17.9. The van der Waals surface area contributed by atoms with E-state index in [1.165, 1.54) is 24.2 Å². The first kappa shape index (κ1) is 22.2. The second-order valence-electron chi connectivity index (χ2n) is 10.8. The van der Waals surface area contributed by atoms with Crippen molar-refractivity contribution in [3.05, 3.63) is 52.8 Å². The minimum Gasteiger partial charge on any atom is -0.493 e. The van der Waals surface area contributed by atoms with Crippen LogP contribution in [0.3, 0.4) is 0 Å². The molecule has 3 aromatic rings. The second kappa shape index (κ2) is 8.02. The monoisotopic (exact) mass is 510 g/mol. The van der Waals surface area contributed by atoms with Crippen molar-refractivity contribution in [2.45, 2.75) is 52.7 Å². The van der Waals surface area contributed by atoms with E-state index in [-0.39, 0.29) is 5.88 Å². The fraction of sp³-hybridized carbons (Fsp3) is 0.440. The maximum Gasteiger partial charge on any atom is 0.295 e.